The van der Waals surface area contributed by atoms with Crippen LogP contribution in [0.2, 0.25) is 0 Å². The fraction of sp³-hybridized carbons (Fsp3) is 0.370. The molecule has 34 heavy (non-hydrogen) atoms. The minimum Gasteiger partial charge on any atom is -0.507 e. The van der Waals surface area contributed by atoms with Crippen molar-refractivity contribution in [1.29, 1.82) is 0 Å². The number of esters is 1. The lowest BCUT2D eigenvalue weighted by Crippen LogP contribution is -2.39. The Bertz CT molecular complexity index is 1260. The van der Waals surface area contributed by atoms with Crippen molar-refractivity contribution >= 4 is 17.6 Å². The summed E-state index contributed by atoms with van der Waals surface area (Å²) in [6.45, 7) is 7.38. The summed E-state index contributed by atoms with van der Waals surface area (Å²) >= 11 is 0. The Kier molecular flexibility index (Phi) is 4.95. The van der Waals surface area contributed by atoms with E-state index in [-0.39, 0.29) is 40.1 Å². The van der Waals surface area contributed by atoms with Crippen LogP contribution >= 0.6 is 0 Å². The Hall–Kier alpha value is -3.45. The highest BCUT2D eigenvalue weighted by atomic mass is 16.6. The number of cyclic esters (lactones) is 1. The number of aromatic hydroxyl groups is 1. The third kappa shape index (κ3) is 3.90. The number of ether oxygens (including phenoxy) is 3. The van der Waals surface area contributed by atoms with Crippen LogP contribution in [-0.2, 0) is 22.4 Å². The van der Waals surface area contributed by atoms with Crippen molar-refractivity contribution in [3.05, 3.63) is 64.1 Å². The third-order valence-corrected chi connectivity index (χ3v) is 6.55. The number of carbonyl (C=O) groups excluding carboxylic acids is 1. The number of fused-ring (bicyclic) bond motifs is 2. The van der Waals surface area contributed by atoms with Gasteiger partial charge in [0.25, 0.3) is 0 Å². The van der Waals surface area contributed by atoms with Crippen LogP contribution in [-0.4, -0.2) is 38.6 Å². The molecule has 0 spiro atoms. The van der Waals surface area contributed by atoms with Gasteiger partial charge >= 0.3 is 5.97 Å². The van der Waals surface area contributed by atoms with E-state index < -0.39 is 11.6 Å². The van der Waals surface area contributed by atoms with Crippen LogP contribution in [0.25, 0.3) is 11.6 Å². The van der Waals surface area contributed by atoms with Crippen LogP contribution in [0.15, 0.2) is 41.9 Å². The first-order valence-corrected chi connectivity index (χ1v) is 11.4. The van der Waals surface area contributed by atoms with Crippen molar-refractivity contribution in [2.24, 2.45) is 0 Å². The van der Waals surface area contributed by atoms with Crippen LogP contribution in [0, 0.1) is 0 Å². The van der Waals surface area contributed by atoms with E-state index in [1.54, 1.807) is 38.1 Å². The summed E-state index contributed by atoms with van der Waals surface area (Å²) in [5, 5.41) is 31.7. The van der Waals surface area contributed by atoms with Gasteiger partial charge < -0.3 is 29.5 Å². The van der Waals surface area contributed by atoms with Gasteiger partial charge in [-0.1, -0.05) is 6.07 Å². The van der Waals surface area contributed by atoms with Gasteiger partial charge in [-0.15, -0.1) is 0 Å². The molecule has 178 valence electrons. The van der Waals surface area contributed by atoms with Gasteiger partial charge in [-0.3, -0.25) is 0 Å². The van der Waals surface area contributed by atoms with Gasteiger partial charge in [0.1, 0.15) is 34.5 Å². The number of aliphatic hydroxyl groups is 2. The molecule has 0 saturated heterocycles. The fourth-order valence-corrected chi connectivity index (χ4v) is 4.55. The van der Waals surface area contributed by atoms with E-state index >= 15 is 0 Å². The summed E-state index contributed by atoms with van der Waals surface area (Å²) in [5.41, 5.74) is 1.30. The number of aliphatic hydroxyl groups excluding tert-OH is 1. The maximum atomic E-state index is 12.7. The molecule has 3 heterocycles. The lowest BCUT2D eigenvalue weighted by Gasteiger charge is -2.32. The lowest BCUT2D eigenvalue weighted by molar-refractivity contribution is -0.131. The third-order valence-electron chi connectivity index (χ3n) is 6.55. The van der Waals surface area contributed by atoms with Crippen LogP contribution in [0.4, 0.5) is 0 Å². The number of phenols is 1. The molecule has 0 aromatic heterocycles. The monoisotopic (exact) mass is 464 g/mol. The molecule has 3 aliphatic rings. The number of carbonyl (C=O) groups is 1. The minimum atomic E-state index is -0.980. The topological polar surface area (TPSA) is 105 Å². The second-order valence-electron chi connectivity index (χ2n) is 10.3. The van der Waals surface area contributed by atoms with E-state index in [0.29, 0.717) is 23.5 Å². The largest absolute Gasteiger partial charge is 0.507 e. The van der Waals surface area contributed by atoms with E-state index in [0.717, 1.165) is 24.0 Å². The van der Waals surface area contributed by atoms with Crippen molar-refractivity contribution in [3.63, 3.8) is 0 Å². The van der Waals surface area contributed by atoms with Gasteiger partial charge in [0.05, 0.1) is 5.60 Å². The quantitative estimate of drug-likeness (QED) is 0.577. The molecule has 0 fully saturated rings. The molecular formula is C27H28O7. The summed E-state index contributed by atoms with van der Waals surface area (Å²) in [7, 11) is 0. The minimum absolute atomic E-state index is 0.00686. The molecule has 0 aliphatic carbocycles. The predicted octanol–water partition coefficient (Wildman–Crippen LogP) is 4.44. The van der Waals surface area contributed by atoms with Crippen molar-refractivity contribution in [1.82, 2.24) is 0 Å². The Balaban J connectivity index is 1.47. The molecule has 5 rings (SSSR count). The number of hydrogen-bond donors (Lipinski definition) is 3. The van der Waals surface area contributed by atoms with E-state index in [1.807, 2.05) is 19.9 Å². The molecule has 0 saturated carbocycles. The van der Waals surface area contributed by atoms with Gasteiger partial charge in [0, 0.05) is 18.1 Å². The number of aryl methyl sites for hydroxylation is 1. The molecule has 0 unspecified atom stereocenters. The smallest absolute Gasteiger partial charge is 0.348 e. The Morgan fingerprint density at radius 1 is 1.09 bits per heavy atom. The Morgan fingerprint density at radius 2 is 1.85 bits per heavy atom. The molecule has 1 atom stereocenters. The molecule has 3 aliphatic heterocycles. The molecule has 0 radical (unpaired) electrons. The molecule has 0 amide bonds. The summed E-state index contributed by atoms with van der Waals surface area (Å²) in [5.74, 6) is 0.0500. The van der Waals surface area contributed by atoms with Crippen LogP contribution in [0.5, 0.6) is 17.2 Å². The number of phenolic OH excluding ortho intramolecular Hbond substituents is 1. The highest BCUT2D eigenvalue weighted by molar-refractivity contribution is 6.21. The average Bonchev–Trinajstić information content (AvgIpc) is 3.28. The predicted molar refractivity (Wildman–Crippen MR) is 126 cm³/mol. The number of hydrogen-bond acceptors (Lipinski definition) is 7. The zero-order valence-corrected chi connectivity index (χ0v) is 19.6. The first-order chi connectivity index (χ1) is 15.9. The second kappa shape index (κ2) is 7.53. The number of benzene rings is 2. The average molecular weight is 465 g/mol. The number of rotatable bonds is 3. The molecule has 2 aromatic rings. The van der Waals surface area contributed by atoms with Gasteiger partial charge in [-0.25, -0.2) is 4.79 Å². The molecule has 2 aromatic carbocycles. The Morgan fingerprint density at radius 3 is 2.59 bits per heavy atom. The van der Waals surface area contributed by atoms with Crippen LogP contribution < -0.4 is 9.47 Å². The van der Waals surface area contributed by atoms with Crippen molar-refractivity contribution in [2.45, 2.75) is 64.3 Å². The summed E-state index contributed by atoms with van der Waals surface area (Å²) in [6.07, 6.45) is 3.28. The maximum Gasteiger partial charge on any atom is 0.348 e. The summed E-state index contributed by atoms with van der Waals surface area (Å²) < 4.78 is 17.1. The Labute approximate surface area is 197 Å². The molecule has 0 bridgehead atoms. The maximum absolute atomic E-state index is 12.7. The van der Waals surface area contributed by atoms with E-state index in [1.165, 1.54) is 6.07 Å². The molecule has 7 nitrogen and oxygen atoms in total. The fourth-order valence-electron chi connectivity index (χ4n) is 4.55. The van der Waals surface area contributed by atoms with Gasteiger partial charge in [0.2, 0.25) is 0 Å². The van der Waals surface area contributed by atoms with Gasteiger partial charge in [-0.05, 0) is 81.5 Å². The zero-order valence-electron chi connectivity index (χ0n) is 19.6. The molecular weight excluding hydrogens is 436 g/mol. The van der Waals surface area contributed by atoms with Gasteiger partial charge in [0.15, 0.2) is 11.5 Å². The SMILES string of the molecule is CC1(C)CCc2cc(C3=C(O)/C(=C/c4ccc5c(c4)C[C@H](C(C)(C)O)O5)OC3=O)c(O)cc2O1. The summed E-state index contributed by atoms with van der Waals surface area (Å²) in [6, 6.07) is 8.62. The van der Waals surface area contributed by atoms with E-state index in [9.17, 15) is 20.1 Å². The van der Waals surface area contributed by atoms with E-state index in [2.05, 4.69) is 0 Å². The summed E-state index contributed by atoms with van der Waals surface area (Å²) in [4.78, 5) is 12.7. The van der Waals surface area contributed by atoms with Crippen LogP contribution in [0.3, 0.4) is 0 Å². The van der Waals surface area contributed by atoms with Crippen LogP contribution in [0.1, 0.15) is 56.4 Å². The highest BCUT2D eigenvalue weighted by Crippen LogP contribution is 2.43. The van der Waals surface area contributed by atoms with Crippen molar-refractivity contribution in [3.8, 4) is 17.2 Å². The van der Waals surface area contributed by atoms with Crippen molar-refractivity contribution < 1.29 is 34.3 Å². The molecule has 7 heteroatoms. The highest BCUT2D eigenvalue weighted by Gasteiger charge is 2.36. The van der Waals surface area contributed by atoms with E-state index in [4.69, 9.17) is 14.2 Å². The van der Waals surface area contributed by atoms with Gasteiger partial charge in [-0.2, -0.15) is 0 Å². The van der Waals surface area contributed by atoms with Crippen molar-refractivity contribution in [2.75, 3.05) is 0 Å². The second-order valence-corrected chi connectivity index (χ2v) is 10.3. The normalized spacial score (nSPS) is 22.2. The lowest BCUT2D eigenvalue weighted by atomic mass is 9.91. The first kappa shape index (κ1) is 22.3. The zero-order chi connectivity index (χ0) is 24.4. The standard InChI is InChI=1S/C27H28O7/c1-26(2)8-7-15-11-17(18(28)13-20(15)34-26)23-24(29)21(33-25(23)30)10-14-5-6-19-16(9-14)12-22(32-19)27(3,4)31/h5-6,9-11,13,22,28-29,31H,7-8,12H2,1-4H3/b21-10-/t22-/m1/s1. The molecule has 3 N–H and O–H groups in total. The first-order valence-electron chi connectivity index (χ1n) is 11.4.